The normalized spacial score (nSPS) is 11.7. The molecule has 4 heteroatoms. The van der Waals surface area contributed by atoms with Crippen molar-refractivity contribution in [1.82, 2.24) is 14.1 Å². The van der Waals surface area contributed by atoms with Crippen molar-refractivity contribution < 1.29 is 0 Å². The summed E-state index contributed by atoms with van der Waals surface area (Å²) >= 11 is 0. The number of pyridine rings is 1. The molecule has 0 saturated carbocycles. The van der Waals surface area contributed by atoms with E-state index in [1.807, 2.05) is 61.7 Å². The molecule has 0 aliphatic carbocycles. The van der Waals surface area contributed by atoms with E-state index in [9.17, 15) is 0 Å². The smallest absolute Gasteiger partial charge is 0.0800 e. The average Bonchev–Trinajstić information content (AvgIpc) is 3.66. The Hall–Kier alpha value is -6.39. The number of rotatable bonds is 10. The summed E-state index contributed by atoms with van der Waals surface area (Å²) in [5, 5.41) is 6.29. The second kappa shape index (κ2) is 16.1. The maximum Gasteiger partial charge on any atom is 0.0800 e. The van der Waals surface area contributed by atoms with Crippen molar-refractivity contribution in [2.24, 2.45) is 7.05 Å². The van der Waals surface area contributed by atoms with Gasteiger partial charge in [0.1, 0.15) is 0 Å². The first-order chi connectivity index (χ1) is 24.7. The third kappa shape index (κ3) is 6.92. The van der Waals surface area contributed by atoms with Crippen molar-refractivity contribution in [2.75, 3.05) is 5.32 Å². The number of hydrogen-bond acceptors (Lipinski definition) is 2. The third-order valence-corrected chi connectivity index (χ3v) is 8.58. The molecule has 4 aromatic carbocycles. The van der Waals surface area contributed by atoms with Crippen LogP contribution in [0.25, 0.3) is 49.8 Å². The number of hydrogen-bond donors (Lipinski definition) is 1. The van der Waals surface area contributed by atoms with Gasteiger partial charge in [-0.3, -0.25) is 4.98 Å². The largest absolute Gasteiger partial charge is 0.355 e. The van der Waals surface area contributed by atoms with Crippen LogP contribution in [-0.2, 0) is 13.5 Å². The predicted molar refractivity (Wildman–Crippen MR) is 217 cm³/mol. The van der Waals surface area contributed by atoms with Gasteiger partial charge in [-0.2, -0.15) is 0 Å². The van der Waals surface area contributed by atoms with Crippen LogP contribution in [0.5, 0.6) is 0 Å². The zero-order valence-corrected chi connectivity index (χ0v) is 28.7. The number of para-hydroxylation sites is 3. The van der Waals surface area contributed by atoms with Crippen molar-refractivity contribution in [3.05, 3.63) is 195 Å². The number of benzene rings is 4. The maximum absolute atomic E-state index is 4.64. The molecule has 0 unspecified atom stereocenters. The van der Waals surface area contributed by atoms with Crippen LogP contribution in [0, 0.1) is 0 Å². The zero-order valence-electron chi connectivity index (χ0n) is 28.7. The first-order valence-electron chi connectivity index (χ1n) is 16.9. The lowest BCUT2D eigenvalue weighted by atomic mass is 10.0. The van der Waals surface area contributed by atoms with E-state index in [2.05, 4.69) is 149 Å². The molecule has 7 aromatic rings. The van der Waals surface area contributed by atoms with Crippen LogP contribution in [0.15, 0.2) is 189 Å². The van der Waals surface area contributed by atoms with Gasteiger partial charge in [-0.25, -0.2) is 0 Å². The highest BCUT2D eigenvalue weighted by Gasteiger charge is 2.23. The molecule has 0 amide bonds. The van der Waals surface area contributed by atoms with Crippen LogP contribution in [0.1, 0.15) is 12.5 Å². The number of aromatic nitrogens is 3. The van der Waals surface area contributed by atoms with Crippen molar-refractivity contribution >= 4 is 44.2 Å². The van der Waals surface area contributed by atoms with Crippen LogP contribution in [0.3, 0.4) is 0 Å². The van der Waals surface area contributed by atoms with Crippen LogP contribution >= 0.6 is 0 Å². The molecule has 0 radical (unpaired) electrons. The van der Waals surface area contributed by atoms with E-state index < -0.39 is 0 Å². The molecule has 7 rings (SSSR count). The van der Waals surface area contributed by atoms with Crippen molar-refractivity contribution in [2.45, 2.75) is 13.3 Å². The molecule has 3 aromatic heterocycles. The number of nitrogens with one attached hydrogen (secondary N) is 1. The molecule has 0 saturated heterocycles. The molecule has 1 N–H and O–H groups in total. The summed E-state index contributed by atoms with van der Waals surface area (Å²) < 4.78 is 4.79. The van der Waals surface area contributed by atoms with Gasteiger partial charge in [0.15, 0.2) is 0 Å². The van der Waals surface area contributed by atoms with E-state index in [0.717, 1.165) is 34.7 Å². The zero-order chi connectivity index (χ0) is 34.7. The monoisotopic (exact) mass is 650 g/mol. The van der Waals surface area contributed by atoms with E-state index in [4.69, 9.17) is 0 Å². The highest BCUT2D eigenvalue weighted by atomic mass is 15.1. The SMILES string of the molecule is C=C/C=C\C=C/C.C=C/C=C\C=C/Cc1c(Nc2ccccc2-c2ccccn2)ccc2c3c(c4ccccc4n3C)n(-c3ccccc3)c12. The minimum atomic E-state index is 0.744. The lowest BCUT2D eigenvalue weighted by Crippen LogP contribution is -2.02. The summed E-state index contributed by atoms with van der Waals surface area (Å²) in [6.07, 6.45) is 22.2. The molecule has 0 aliphatic rings. The van der Waals surface area contributed by atoms with Crippen molar-refractivity contribution in [3.63, 3.8) is 0 Å². The topological polar surface area (TPSA) is 34.8 Å². The Morgan fingerprint density at radius 2 is 1.36 bits per heavy atom. The van der Waals surface area contributed by atoms with Gasteiger partial charge in [-0.1, -0.05) is 135 Å². The van der Waals surface area contributed by atoms with Crippen LogP contribution < -0.4 is 5.32 Å². The number of allylic oxidation sites excluding steroid dienone is 10. The lowest BCUT2D eigenvalue weighted by Gasteiger charge is -2.18. The molecule has 0 spiro atoms. The van der Waals surface area contributed by atoms with Crippen LogP contribution in [0.4, 0.5) is 11.4 Å². The fraction of sp³-hybridized carbons (Fsp3) is 0.0652. The summed E-state index contributed by atoms with van der Waals surface area (Å²) in [5.41, 5.74) is 11.3. The van der Waals surface area contributed by atoms with Gasteiger partial charge in [0, 0.05) is 52.2 Å². The average molecular weight is 651 g/mol. The molecule has 3 heterocycles. The van der Waals surface area contributed by atoms with Crippen LogP contribution in [0.2, 0.25) is 0 Å². The Labute approximate surface area is 295 Å². The summed E-state index contributed by atoms with van der Waals surface area (Å²) in [6, 6.07) is 38.3. The number of fused-ring (bicyclic) bond motifs is 5. The van der Waals surface area contributed by atoms with Crippen LogP contribution in [-0.4, -0.2) is 14.1 Å². The fourth-order valence-corrected chi connectivity index (χ4v) is 6.41. The Bertz CT molecular complexity index is 2360. The Morgan fingerprint density at radius 3 is 2.12 bits per heavy atom. The number of anilines is 2. The molecule has 246 valence electrons. The first kappa shape index (κ1) is 33.5. The third-order valence-electron chi connectivity index (χ3n) is 8.58. The van der Waals surface area contributed by atoms with Gasteiger partial charge < -0.3 is 14.5 Å². The highest BCUT2D eigenvalue weighted by Crippen LogP contribution is 2.42. The molecule has 50 heavy (non-hydrogen) atoms. The summed E-state index contributed by atoms with van der Waals surface area (Å²) in [5.74, 6) is 0. The van der Waals surface area contributed by atoms with E-state index in [1.54, 1.807) is 12.2 Å². The quantitative estimate of drug-likeness (QED) is 0.150. The maximum atomic E-state index is 4.64. The minimum absolute atomic E-state index is 0.744. The fourth-order valence-electron chi connectivity index (χ4n) is 6.41. The van der Waals surface area contributed by atoms with E-state index in [-0.39, 0.29) is 0 Å². The van der Waals surface area contributed by atoms with Gasteiger partial charge in [0.25, 0.3) is 0 Å². The summed E-state index contributed by atoms with van der Waals surface area (Å²) in [7, 11) is 2.17. The van der Waals surface area contributed by atoms with Gasteiger partial charge in [-0.15, -0.1) is 0 Å². The molecule has 0 bridgehead atoms. The Kier molecular flexibility index (Phi) is 10.8. The summed E-state index contributed by atoms with van der Waals surface area (Å²) in [4.78, 5) is 4.64. The Morgan fingerprint density at radius 1 is 0.640 bits per heavy atom. The van der Waals surface area contributed by atoms with Crippen molar-refractivity contribution in [3.8, 4) is 16.9 Å². The number of aryl methyl sites for hydroxylation is 1. The first-order valence-corrected chi connectivity index (χ1v) is 16.9. The second-order valence-corrected chi connectivity index (χ2v) is 11.7. The molecule has 0 atom stereocenters. The summed E-state index contributed by atoms with van der Waals surface area (Å²) in [6.45, 7) is 9.30. The van der Waals surface area contributed by atoms with E-state index in [0.29, 0.717) is 0 Å². The van der Waals surface area contributed by atoms with Gasteiger partial charge in [0.2, 0.25) is 0 Å². The standard InChI is InChI=1S/C39H32N4.C7H10/c1-3-4-5-6-10-20-30-35(41-34-23-13-11-19-29(34)33-22-15-16-27-40-33)26-25-32-37(30)43(28-17-8-7-9-18-28)39-31-21-12-14-24-36(31)42(2)38(32)39;1-3-5-7-6-4-2/h3-19,21-27,41H,1,20H2,2H3;3-7H,1H2,2H3/b5-4-,10-6-;6-4-,7-5-. The molecule has 4 nitrogen and oxygen atoms in total. The predicted octanol–water partition coefficient (Wildman–Crippen LogP) is 12.2. The Balaban J connectivity index is 0.000000561. The minimum Gasteiger partial charge on any atom is -0.355 e. The molecular formula is C46H42N4. The van der Waals surface area contributed by atoms with Crippen molar-refractivity contribution in [1.29, 1.82) is 0 Å². The highest BCUT2D eigenvalue weighted by molar-refractivity contribution is 6.20. The lowest BCUT2D eigenvalue weighted by molar-refractivity contribution is 1.02. The van der Waals surface area contributed by atoms with E-state index in [1.165, 1.54) is 38.4 Å². The van der Waals surface area contributed by atoms with E-state index >= 15 is 0 Å². The van der Waals surface area contributed by atoms with Gasteiger partial charge >= 0.3 is 0 Å². The van der Waals surface area contributed by atoms with Gasteiger partial charge in [-0.05, 0) is 61.9 Å². The van der Waals surface area contributed by atoms with Gasteiger partial charge in [0.05, 0.1) is 27.8 Å². The molecule has 0 aliphatic heterocycles. The molecule has 0 fully saturated rings. The molecular weight excluding hydrogens is 609 g/mol. The second-order valence-electron chi connectivity index (χ2n) is 11.7. The number of nitrogens with zero attached hydrogens (tertiary/aromatic N) is 3.